The van der Waals surface area contributed by atoms with Crippen LogP contribution in [0.25, 0.3) is 0 Å². The fourth-order valence-electron chi connectivity index (χ4n) is 9.16. The summed E-state index contributed by atoms with van der Waals surface area (Å²) in [6.45, 7) is 17.8. The minimum Gasteiger partial charge on any atom is -0.346 e. The molecule has 1 saturated heterocycles. The largest absolute Gasteiger partial charge is 0.506 e. The van der Waals surface area contributed by atoms with Crippen molar-refractivity contribution in [3.63, 3.8) is 0 Å². The van der Waals surface area contributed by atoms with Crippen LogP contribution in [0.2, 0.25) is 0 Å². The lowest BCUT2D eigenvalue weighted by atomic mass is 9.72. The summed E-state index contributed by atoms with van der Waals surface area (Å²) < 4.78 is 11.5. The number of amides is 5. The van der Waals surface area contributed by atoms with Crippen LogP contribution in [-0.2, 0) is 41.6 Å². The van der Waals surface area contributed by atoms with Crippen molar-refractivity contribution in [3.05, 3.63) is 29.0 Å². The van der Waals surface area contributed by atoms with Crippen LogP contribution in [0.5, 0.6) is 0 Å². The maximum absolute atomic E-state index is 15.0. The molecule has 5 N–H and O–H groups in total. The van der Waals surface area contributed by atoms with E-state index in [0.717, 1.165) is 56.2 Å². The predicted octanol–water partition coefficient (Wildman–Crippen LogP) is 5.10. The molecule has 0 bridgehead atoms. The number of nitrogens with zero attached hydrogens (tertiary/aromatic N) is 1. The van der Waals surface area contributed by atoms with Gasteiger partial charge in [-0.2, -0.15) is 0 Å². The van der Waals surface area contributed by atoms with Gasteiger partial charge in [0.05, 0.1) is 16.5 Å². The van der Waals surface area contributed by atoms with Crippen molar-refractivity contribution in [2.45, 2.75) is 141 Å². The van der Waals surface area contributed by atoms with E-state index >= 15 is 0 Å². The molecule has 0 aromatic carbocycles. The van der Waals surface area contributed by atoms with Gasteiger partial charge in [-0.25, -0.2) is 4.79 Å². The molecule has 0 spiro atoms. The second kappa shape index (κ2) is 17.9. The molecular weight excluding hydrogens is 737 g/mol. The highest BCUT2D eigenvalue weighted by atomic mass is 32.1. The second-order valence-electron chi connectivity index (χ2n) is 17.6. The van der Waals surface area contributed by atoms with Gasteiger partial charge in [0.15, 0.2) is 0 Å². The summed E-state index contributed by atoms with van der Waals surface area (Å²) in [6, 6.07) is -1.29. The Bertz CT molecular complexity index is 1600. The van der Waals surface area contributed by atoms with Crippen molar-refractivity contribution in [2.24, 2.45) is 34.5 Å². The van der Waals surface area contributed by atoms with Gasteiger partial charge in [0.1, 0.15) is 12.1 Å². The Labute approximate surface area is 335 Å². The van der Waals surface area contributed by atoms with Crippen LogP contribution in [0.4, 0.5) is 4.79 Å². The van der Waals surface area contributed by atoms with E-state index in [9.17, 15) is 28.2 Å². The van der Waals surface area contributed by atoms with E-state index in [1.54, 1.807) is 4.90 Å². The summed E-state index contributed by atoms with van der Waals surface area (Å²) in [5.41, 5.74) is -1.10. The minimum absolute atomic E-state index is 0.0905. The van der Waals surface area contributed by atoms with Gasteiger partial charge < -0.3 is 31.5 Å². The third-order valence-electron chi connectivity index (χ3n) is 13.8. The van der Waals surface area contributed by atoms with Gasteiger partial charge in [-0.3, -0.25) is 19.2 Å². The molecule has 2 heterocycles. The molecule has 1 aromatic rings. The molecule has 55 heavy (non-hydrogen) atoms. The van der Waals surface area contributed by atoms with Crippen LogP contribution < -0.4 is 26.6 Å². The van der Waals surface area contributed by atoms with E-state index in [0.29, 0.717) is 49.0 Å². The monoisotopic (exact) mass is 799 g/mol. The van der Waals surface area contributed by atoms with Gasteiger partial charge in [-0.15, -0.1) is 17.9 Å². The molecule has 6 atom stereocenters. The first-order chi connectivity index (χ1) is 26.1. The van der Waals surface area contributed by atoms with Crippen molar-refractivity contribution in [1.82, 2.24) is 31.5 Å². The van der Waals surface area contributed by atoms with Gasteiger partial charge >= 0.3 is 22.6 Å². The van der Waals surface area contributed by atoms with Crippen molar-refractivity contribution in [1.29, 1.82) is 0 Å². The molecule has 304 valence electrons. The van der Waals surface area contributed by atoms with Gasteiger partial charge in [-0.1, -0.05) is 86.1 Å². The zero-order valence-electron chi connectivity index (χ0n) is 33.6. The van der Waals surface area contributed by atoms with E-state index in [1.165, 1.54) is 17.4 Å². The van der Waals surface area contributed by atoms with Crippen LogP contribution in [0, 0.1) is 34.5 Å². The highest BCUT2D eigenvalue weighted by molar-refractivity contribution is 7.66. The first-order valence-electron chi connectivity index (χ1n) is 20.3. The summed E-state index contributed by atoms with van der Waals surface area (Å²) in [5.74, 6) is -2.04. The number of Topliss-reactive ketones (excluding diaryl/α,β-unsaturated/α-hetero) is 1. The second-order valence-corrected chi connectivity index (χ2v) is 19.2. The summed E-state index contributed by atoms with van der Waals surface area (Å²) in [5, 5.41) is 17.3. The number of rotatable bonds is 19. The van der Waals surface area contributed by atoms with E-state index < -0.39 is 47.3 Å². The lowest BCUT2D eigenvalue weighted by molar-refractivity contribution is -0.145. The Kier molecular flexibility index (Phi) is 14.0. The van der Waals surface area contributed by atoms with Crippen molar-refractivity contribution in [2.75, 3.05) is 19.6 Å². The van der Waals surface area contributed by atoms with E-state index in [-0.39, 0.29) is 47.0 Å². The lowest BCUT2D eigenvalue weighted by Gasteiger charge is -2.39. The SMILES string of the molecule is C=CCNC(=O)C(=O)C(CC1CC1)NC(=O)[C@@H]1[C@@H](C(C)(C)CC)CCN1C(=O)[C@@H](NC(=O)NC1(CNCc2sccc2[S+]=O)C(C)C1(C)C)C1CCCCC1. The predicted molar refractivity (Wildman–Crippen MR) is 215 cm³/mol. The molecule has 5 rings (SSSR count). The Morgan fingerprint density at radius 3 is 2.36 bits per heavy atom. The number of nitrogens with one attached hydrogen (secondary N) is 5. The molecule has 12 nitrogen and oxygen atoms in total. The molecule has 3 aliphatic carbocycles. The smallest absolute Gasteiger partial charge is 0.346 e. The van der Waals surface area contributed by atoms with Crippen molar-refractivity contribution >= 4 is 52.5 Å². The standard InChI is InChI=1S/C41H62N6O6S2/c1-8-19-43-36(50)34(48)29(22-26-15-16-26)44-35(49)33-28(39(4,5)9-2)17-20-47(33)37(51)32(27-13-11-10-12-14-27)45-38(52)46-41(25(3)40(41,6)7)24-42-23-31-30(55-53)18-21-54-31/h8,18,21,25-29,32-33,42H,1,9-17,19-20,22-24H2,2-7H3,(H3-,43,44,45,46,49,50,52)/p+1/t25?,28-,29?,32-,33-,41?/m0/s1. The molecule has 4 fully saturated rings. The molecule has 0 radical (unpaired) electrons. The summed E-state index contributed by atoms with van der Waals surface area (Å²) in [7, 11) is 0. The fourth-order valence-corrected chi connectivity index (χ4v) is 10.5. The van der Waals surface area contributed by atoms with E-state index in [2.05, 4.69) is 74.7 Å². The zero-order valence-corrected chi connectivity index (χ0v) is 35.2. The van der Waals surface area contributed by atoms with Crippen LogP contribution in [-0.4, -0.2) is 77.7 Å². The zero-order chi connectivity index (χ0) is 40.1. The van der Waals surface area contributed by atoms with Crippen molar-refractivity contribution in [3.8, 4) is 0 Å². The fraction of sp³-hybridized carbons (Fsp3) is 0.732. The van der Waals surface area contributed by atoms with Gasteiger partial charge in [0, 0.05) is 36.5 Å². The highest BCUT2D eigenvalue weighted by Crippen LogP contribution is 2.61. The number of urea groups is 1. The van der Waals surface area contributed by atoms with Crippen LogP contribution in [0.3, 0.4) is 0 Å². The highest BCUT2D eigenvalue weighted by Gasteiger charge is 2.69. The van der Waals surface area contributed by atoms with E-state index in [4.69, 9.17) is 0 Å². The first-order valence-corrected chi connectivity index (χ1v) is 21.9. The molecule has 1 aliphatic heterocycles. The van der Waals surface area contributed by atoms with Gasteiger partial charge in [0.2, 0.25) is 17.6 Å². The maximum Gasteiger partial charge on any atom is 0.506 e. The Balaban J connectivity index is 1.37. The maximum atomic E-state index is 15.0. The Hall–Kier alpha value is -3.23. The average molecular weight is 800 g/mol. The molecule has 14 heteroatoms. The first kappa shape index (κ1) is 42.9. The topological polar surface area (TPSA) is 166 Å². The average Bonchev–Trinajstić information content (AvgIpc) is 3.84. The third-order valence-corrected chi connectivity index (χ3v) is 15.4. The number of thiophene rings is 1. The number of ketones is 1. The number of hydrogen-bond donors (Lipinski definition) is 5. The summed E-state index contributed by atoms with van der Waals surface area (Å²) >= 11 is 2.01. The molecule has 1 aromatic heterocycles. The summed E-state index contributed by atoms with van der Waals surface area (Å²) in [6.07, 6.45) is 9.69. The Morgan fingerprint density at radius 1 is 1.07 bits per heavy atom. The van der Waals surface area contributed by atoms with Crippen LogP contribution >= 0.6 is 11.3 Å². The van der Waals surface area contributed by atoms with Crippen LogP contribution in [0.15, 0.2) is 29.0 Å². The molecule has 3 saturated carbocycles. The molecule has 4 aliphatic rings. The lowest BCUT2D eigenvalue weighted by Crippen LogP contribution is -2.61. The molecular formula is C41H63N6O6S2+. The number of carbonyl (C=O) groups is 5. The molecule has 5 amide bonds. The number of hydrogen-bond acceptors (Lipinski definition) is 8. The van der Waals surface area contributed by atoms with Crippen LogP contribution in [0.1, 0.15) is 111 Å². The quantitative estimate of drug-likeness (QED) is 0.0739. The third kappa shape index (κ3) is 9.50. The van der Waals surface area contributed by atoms with E-state index in [1.807, 2.05) is 11.4 Å². The van der Waals surface area contributed by atoms with Gasteiger partial charge in [-0.05, 0) is 65.6 Å². The normalized spacial score (nSPS) is 26.0. The van der Waals surface area contributed by atoms with Gasteiger partial charge in [0.25, 0.3) is 5.91 Å². The van der Waals surface area contributed by atoms with Crippen molar-refractivity contribution < 1.29 is 28.2 Å². The number of likely N-dealkylation sites (tertiary alicyclic amines) is 1. The summed E-state index contributed by atoms with van der Waals surface area (Å²) in [4.78, 5) is 73.0. The number of carbonyl (C=O) groups excluding carboxylic acids is 5. The minimum atomic E-state index is -0.995. The molecule has 3 unspecified atom stereocenters. The Morgan fingerprint density at radius 2 is 1.76 bits per heavy atom.